The van der Waals surface area contributed by atoms with Gasteiger partial charge in [0.15, 0.2) is 0 Å². The van der Waals surface area contributed by atoms with E-state index < -0.39 is 0 Å². The molecule has 0 spiro atoms. The summed E-state index contributed by atoms with van der Waals surface area (Å²) < 4.78 is 6.28. The van der Waals surface area contributed by atoms with Crippen LogP contribution in [0.5, 0.6) is 0 Å². The van der Waals surface area contributed by atoms with E-state index in [4.69, 9.17) is 4.74 Å². The second-order valence-electron chi connectivity index (χ2n) is 5.83. The lowest BCUT2D eigenvalue weighted by Crippen LogP contribution is -2.37. The summed E-state index contributed by atoms with van der Waals surface area (Å²) in [5.74, 6) is 0. The van der Waals surface area contributed by atoms with E-state index in [0.29, 0.717) is 0 Å². The molecule has 0 atom stereocenters. The zero-order chi connectivity index (χ0) is 12.3. The van der Waals surface area contributed by atoms with Crippen molar-refractivity contribution in [3.05, 3.63) is 47.5 Å². The highest BCUT2D eigenvalue weighted by atomic mass is 16.5. The third kappa shape index (κ3) is 1.42. The number of hydrogen-bond donors (Lipinski definition) is 0. The predicted molar refractivity (Wildman–Crippen MR) is 71.1 cm³/mol. The molecule has 0 N–H and O–H groups in total. The standard InChI is InChI=1S/C16H18O/c1-15(2)12-9-5-7-11-8-6-10-13(14(11)12)16(3,4)17-15/h5-10H,1-4H3. The molecule has 0 bridgehead atoms. The van der Waals surface area contributed by atoms with Crippen LogP contribution in [0.15, 0.2) is 36.4 Å². The Labute approximate surface area is 102 Å². The minimum Gasteiger partial charge on any atom is -0.360 e. The van der Waals surface area contributed by atoms with Crippen molar-refractivity contribution in [2.24, 2.45) is 0 Å². The average molecular weight is 226 g/mol. The van der Waals surface area contributed by atoms with Crippen LogP contribution in [0.25, 0.3) is 10.8 Å². The molecule has 1 aliphatic rings. The summed E-state index contributed by atoms with van der Waals surface area (Å²) in [5, 5.41) is 2.68. The van der Waals surface area contributed by atoms with Crippen molar-refractivity contribution in [1.29, 1.82) is 0 Å². The Bertz CT molecular complexity index is 545. The highest BCUT2D eigenvalue weighted by molar-refractivity contribution is 5.91. The summed E-state index contributed by atoms with van der Waals surface area (Å²) in [6.07, 6.45) is 0. The minimum absolute atomic E-state index is 0.225. The smallest absolute Gasteiger partial charge is 0.0893 e. The van der Waals surface area contributed by atoms with Gasteiger partial charge in [0.05, 0.1) is 11.2 Å². The second-order valence-corrected chi connectivity index (χ2v) is 5.83. The minimum atomic E-state index is -0.225. The number of rotatable bonds is 0. The molecule has 0 aliphatic carbocycles. The van der Waals surface area contributed by atoms with Crippen molar-refractivity contribution >= 4 is 10.8 Å². The molecule has 17 heavy (non-hydrogen) atoms. The molecule has 3 rings (SSSR count). The third-order valence-electron chi connectivity index (χ3n) is 3.71. The van der Waals surface area contributed by atoms with E-state index >= 15 is 0 Å². The van der Waals surface area contributed by atoms with Gasteiger partial charge in [-0.25, -0.2) is 0 Å². The van der Waals surface area contributed by atoms with Gasteiger partial charge in [-0.15, -0.1) is 0 Å². The number of hydrogen-bond acceptors (Lipinski definition) is 1. The highest BCUT2D eigenvalue weighted by Gasteiger charge is 2.39. The van der Waals surface area contributed by atoms with Crippen LogP contribution in [-0.2, 0) is 15.9 Å². The van der Waals surface area contributed by atoms with Crippen molar-refractivity contribution in [2.45, 2.75) is 38.9 Å². The highest BCUT2D eigenvalue weighted by Crippen LogP contribution is 2.46. The van der Waals surface area contributed by atoms with Crippen LogP contribution in [0.1, 0.15) is 38.8 Å². The normalized spacial score (nSPS) is 20.5. The molecule has 0 radical (unpaired) electrons. The molecule has 1 heterocycles. The largest absolute Gasteiger partial charge is 0.360 e. The Morgan fingerprint density at radius 2 is 1.24 bits per heavy atom. The molecule has 0 saturated heterocycles. The van der Waals surface area contributed by atoms with Gasteiger partial charge in [0, 0.05) is 0 Å². The SMILES string of the molecule is CC1(C)OC(C)(C)c2cccc3cccc1c23. The molecule has 88 valence electrons. The van der Waals surface area contributed by atoms with E-state index in [2.05, 4.69) is 64.1 Å². The lowest BCUT2D eigenvalue weighted by Gasteiger charge is -2.42. The van der Waals surface area contributed by atoms with Crippen molar-refractivity contribution in [1.82, 2.24) is 0 Å². The second kappa shape index (κ2) is 3.11. The van der Waals surface area contributed by atoms with Crippen LogP contribution < -0.4 is 0 Å². The van der Waals surface area contributed by atoms with Gasteiger partial charge in [0.1, 0.15) is 0 Å². The maximum atomic E-state index is 6.28. The Hall–Kier alpha value is -1.34. The quantitative estimate of drug-likeness (QED) is 0.649. The van der Waals surface area contributed by atoms with Crippen LogP contribution in [-0.4, -0.2) is 0 Å². The molecule has 0 fully saturated rings. The van der Waals surface area contributed by atoms with Gasteiger partial charge < -0.3 is 4.74 Å². The monoisotopic (exact) mass is 226 g/mol. The molecule has 1 heteroatoms. The van der Waals surface area contributed by atoms with E-state index in [1.165, 1.54) is 21.9 Å². The zero-order valence-corrected chi connectivity index (χ0v) is 10.9. The summed E-state index contributed by atoms with van der Waals surface area (Å²) in [5.41, 5.74) is 2.14. The first-order chi connectivity index (χ1) is 7.92. The van der Waals surface area contributed by atoms with Crippen molar-refractivity contribution in [3.8, 4) is 0 Å². The fourth-order valence-electron chi connectivity index (χ4n) is 3.09. The fraction of sp³-hybridized carbons (Fsp3) is 0.375. The van der Waals surface area contributed by atoms with Gasteiger partial charge in [-0.3, -0.25) is 0 Å². The first-order valence-corrected chi connectivity index (χ1v) is 6.15. The lowest BCUT2D eigenvalue weighted by atomic mass is 9.81. The first kappa shape index (κ1) is 10.8. The van der Waals surface area contributed by atoms with Crippen LogP contribution in [0.4, 0.5) is 0 Å². The lowest BCUT2D eigenvalue weighted by molar-refractivity contribution is -0.136. The van der Waals surface area contributed by atoms with Crippen LogP contribution in [0.2, 0.25) is 0 Å². The summed E-state index contributed by atoms with van der Waals surface area (Å²) in [6, 6.07) is 13.0. The fourth-order valence-corrected chi connectivity index (χ4v) is 3.09. The van der Waals surface area contributed by atoms with Crippen LogP contribution in [0, 0.1) is 0 Å². The van der Waals surface area contributed by atoms with Gasteiger partial charge >= 0.3 is 0 Å². The molecular weight excluding hydrogens is 208 g/mol. The Morgan fingerprint density at radius 1 is 0.765 bits per heavy atom. The van der Waals surface area contributed by atoms with Crippen molar-refractivity contribution in [2.75, 3.05) is 0 Å². The molecule has 2 aromatic carbocycles. The third-order valence-corrected chi connectivity index (χ3v) is 3.71. The Balaban J connectivity index is 2.50. The molecule has 0 saturated carbocycles. The van der Waals surface area contributed by atoms with Crippen molar-refractivity contribution < 1.29 is 4.74 Å². The van der Waals surface area contributed by atoms with Gasteiger partial charge in [-0.1, -0.05) is 36.4 Å². The van der Waals surface area contributed by atoms with E-state index in [1.807, 2.05) is 0 Å². The summed E-state index contributed by atoms with van der Waals surface area (Å²) in [7, 11) is 0. The van der Waals surface area contributed by atoms with Crippen LogP contribution in [0.3, 0.4) is 0 Å². The summed E-state index contributed by atoms with van der Waals surface area (Å²) >= 11 is 0. The van der Waals surface area contributed by atoms with E-state index in [-0.39, 0.29) is 11.2 Å². The van der Waals surface area contributed by atoms with Gasteiger partial charge in [0.25, 0.3) is 0 Å². The Kier molecular flexibility index (Phi) is 1.97. The molecule has 1 aliphatic heterocycles. The molecule has 0 aromatic heterocycles. The van der Waals surface area contributed by atoms with E-state index in [1.54, 1.807) is 0 Å². The summed E-state index contributed by atoms with van der Waals surface area (Å²) in [4.78, 5) is 0. The van der Waals surface area contributed by atoms with Gasteiger partial charge in [-0.2, -0.15) is 0 Å². The van der Waals surface area contributed by atoms with E-state index in [0.717, 1.165) is 0 Å². The molecule has 1 nitrogen and oxygen atoms in total. The molecule has 0 amide bonds. The number of benzene rings is 2. The maximum Gasteiger partial charge on any atom is 0.0893 e. The molecular formula is C16H18O. The van der Waals surface area contributed by atoms with Crippen molar-refractivity contribution in [3.63, 3.8) is 0 Å². The van der Waals surface area contributed by atoms with Crippen LogP contribution >= 0.6 is 0 Å². The topological polar surface area (TPSA) is 9.23 Å². The zero-order valence-electron chi connectivity index (χ0n) is 10.9. The Morgan fingerprint density at radius 3 is 1.71 bits per heavy atom. The van der Waals surface area contributed by atoms with Gasteiger partial charge in [-0.05, 0) is 49.6 Å². The van der Waals surface area contributed by atoms with E-state index in [9.17, 15) is 0 Å². The average Bonchev–Trinajstić information content (AvgIpc) is 2.24. The summed E-state index contributed by atoms with van der Waals surface area (Å²) in [6.45, 7) is 8.61. The maximum absolute atomic E-state index is 6.28. The molecule has 0 unspecified atom stereocenters. The predicted octanol–water partition coefficient (Wildman–Crippen LogP) is 4.34. The molecule has 2 aromatic rings. The van der Waals surface area contributed by atoms with Gasteiger partial charge in [0.2, 0.25) is 0 Å². The first-order valence-electron chi connectivity index (χ1n) is 6.15. The number of ether oxygens (including phenoxy) is 1.